The highest BCUT2D eigenvalue weighted by atomic mass is 79.9. The summed E-state index contributed by atoms with van der Waals surface area (Å²) >= 11 is 15.2. The van der Waals surface area contributed by atoms with Crippen molar-refractivity contribution in [2.75, 3.05) is 17.3 Å². The minimum absolute atomic E-state index is 0. The molecule has 5 aromatic heterocycles. The van der Waals surface area contributed by atoms with Gasteiger partial charge in [0.05, 0.1) is 73.9 Å². The van der Waals surface area contributed by atoms with Gasteiger partial charge in [-0.3, -0.25) is 0 Å². The van der Waals surface area contributed by atoms with Crippen molar-refractivity contribution in [1.82, 2.24) is 40.9 Å². The number of hydrogen-bond acceptors (Lipinski definition) is 23. The number of nitrogens with one attached hydrogen (secondary N) is 3. The van der Waals surface area contributed by atoms with Gasteiger partial charge < -0.3 is 41.6 Å². The number of alkyl carbamates (subject to hydrolysis) is 3. The van der Waals surface area contributed by atoms with Gasteiger partial charge >= 0.3 is 18.3 Å². The second kappa shape index (κ2) is 35.2. The molecule has 73 heavy (non-hydrogen) atoms. The highest BCUT2D eigenvalue weighted by Crippen LogP contribution is 2.25. The maximum absolute atomic E-state index is 11.6. The van der Waals surface area contributed by atoms with Crippen LogP contribution in [0.15, 0.2) is 51.2 Å². The van der Waals surface area contributed by atoms with Crippen molar-refractivity contribution >= 4 is 163 Å². The summed E-state index contributed by atoms with van der Waals surface area (Å²) in [5.41, 5.74) is 9.10. The third-order valence-corrected chi connectivity index (χ3v) is 18.6. The zero-order chi connectivity index (χ0) is 54.2. The fourth-order valence-corrected chi connectivity index (χ4v) is 12.8. The molecule has 0 fully saturated rings. The lowest BCUT2D eigenvalue weighted by molar-refractivity contribution is 0.0512. The second-order valence-corrected chi connectivity index (χ2v) is 31.5. The van der Waals surface area contributed by atoms with E-state index in [-0.39, 0.29) is 47.1 Å². The van der Waals surface area contributed by atoms with Crippen LogP contribution in [0, 0.1) is 0 Å². The molecule has 0 radical (unpaired) electrons. The Balaban J connectivity index is 0. The monoisotopic (exact) mass is 1340 g/mol. The van der Waals surface area contributed by atoms with E-state index in [9.17, 15) is 31.2 Å². The number of carbonyl (C=O) groups is 3. The van der Waals surface area contributed by atoms with Crippen LogP contribution in [0.3, 0.4) is 0 Å². The first kappa shape index (κ1) is 72.7. The topological polar surface area (TPSA) is 300 Å². The van der Waals surface area contributed by atoms with Gasteiger partial charge in [-0.25, -0.2) is 56.1 Å². The molecule has 0 saturated carbocycles. The van der Waals surface area contributed by atoms with E-state index in [4.69, 9.17) is 25.7 Å². The molecule has 416 valence electrons. The first-order valence-corrected chi connectivity index (χ1v) is 31.2. The lowest BCUT2D eigenvalue weighted by Gasteiger charge is -2.19. The number of ether oxygens (including phenoxy) is 3. The van der Waals surface area contributed by atoms with Crippen LogP contribution >= 0.6 is 125 Å². The lowest BCUT2D eigenvalue weighted by Crippen LogP contribution is -2.32. The van der Waals surface area contributed by atoms with Gasteiger partial charge in [-0.2, -0.15) is 0 Å². The molecule has 0 aliphatic carbocycles. The van der Waals surface area contributed by atoms with Gasteiger partial charge in [0.15, 0.2) is 19.7 Å². The zero-order valence-electron chi connectivity index (χ0n) is 42.4. The number of rotatable bonds is 14. The third-order valence-electron chi connectivity index (χ3n) is 7.01. The van der Waals surface area contributed by atoms with Crippen LogP contribution in [-0.4, -0.2) is 94.1 Å². The Morgan fingerprint density at radius 1 is 0.534 bits per heavy atom. The quantitative estimate of drug-likeness (QED) is 0.0510. The van der Waals surface area contributed by atoms with E-state index in [1.54, 1.807) is 81.4 Å². The molecule has 0 unspecified atom stereocenters. The van der Waals surface area contributed by atoms with E-state index < -0.39 is 54.8 Å². The summed E-state index contributed by atoms with van der Waals surface area (Å²) in [4.78, 5) is 54.2. The summed E-state index contributed by atoms with van der Waals surface area (Å²) < 4.78 is 64.7. The lowest BCUT2D eigenvalue weighted by atomic mass is 10.2. The van der Waals surface area contributed by atoms with Crippen LogP contribution < -0.4 is 27.4 Å². The molecule has 3 amide bonds. The maximum atomic E-state index is 11.6. The van der Waals surface area contributed by atoms with Gasteiger partial charge in [0.2, 0.25) is 0 Å². The smallest absolute Gasteiger partial charge is 0.408 e. The second-order valence-electron chi connectivity index (χ2n) is 16.5. The van der Waals surface area contributed by atoms with Crippen molar-refractivity contribution in [3.63, 3.8) is 0 Å². The number of amides is 3. The average molecular weight is 1350 g/mol. The predicted molar refractivity (Wildman–Crippen MR) is 307 cm³/mol. The third kappa shape index (κ3) is 33.4. The number of sulfone groups is 2. The summed E-state index contributed by atoms with van der Waals surface area (Å²) in [6.45, 7) is 23.4. The summed E-state index contributed by atoms with van der Waals surface area (Å²) in [6, 6.07) is 0. The molecule has 5 aromatic rings. The number of carbonyl (C=O) groups excluding carboxylic acids is 3. The molecule has 5 rings (SSSR count). The van der Waals surface area contributed by atoms with Crippen LogP contribution in [0.25, 0.3) is 0 Å². The van der Waals surface area contributed by atoms with Crippen LogP contribution in [0.2, 0.25) is 0 Å². The van der Waals surface area contributed by atoms with E-state index in [0.29, 0.717) is 40.4 Å². The molecule has 0 spiro atoms. The van der Waals surface area contributed by atoms with Crippen LogP contribution in [0.4, 0.5) is 14.4 Å². The molecule has 20 nitrogen and oxygen atoms in total. The van der Waals surface area contributed by atoms with Gasteiger partial charge in [0.25, 0.3) is 0 Å². The standard InChI is InChI=1S/C11H18N2O4S2.C11H18N2O2S2.C9H13BrN2O2S.C6H10N2O2S2.C4H5BrN2S.2ClH/c1-5-19(15,16)9-7-12-8(18-9)6-13-10(14)17-11(2,3)4;1-5-16-9-7-12-8(17-9)6-13-10(14)15-11(2,3)4;1-9(2,3)14-8(13)12-5-7-11-4-6(10)15-7;1-2-12(9,10)6-4-8-5(3-7)11-6;5-3-2-7-4(1-6)8-3;;/h7H,5-6H2,1-4H3,(H,13,14);7H,5-6H2,1-4H3,(H,13,14);4H,5H2,1-3H3,(H,12,13);4H,2-3,7H2,1H3;2H,1,6H2;2*1H. The minimum atomic E-state index is -3.23. The van der Waals surface area contributed by atoms with Crippen molar-refractivity contribution in [1.29, 1.82) is 0 Å². The Morgan fingerprint density at radius 2 is 0.836 bits per heavy atom. The number of thiazole rings is 5. The largest absolute Gasteiger partial charge is 0.444 e. The van der Waals surface area contributed by atoms with E-state index in [2.05, 4.69) is 79.7 Å². The summed E-state index contributed by atoms with van der Waals surface area (Å²) in [6.07, 6.45) is 6.60. The minimum Gasteiger partial charge on any atom is -0.444 e. The Kier molecular flexibility index (Phi) is 35.0. The van der Waals surface area contributed by atoms with Crippen molar-refractivity contribution in [2.45, 2.75) is 145 Å². The van der Waals surface area contributed by atoms with E-state index in [1.807, 2.05) is 47.7 Å². The fraction of sp³-hybridized carbons (Fsp3) is 0.561. The maximum Gasteiger partial charge on any atom is 0.408 e. The molecule has 0 aliphatic rings. The molecular formula is C41H66Br2Cl2N10O10S8. The van der Waals surface area contributed by atoms with Crippen LogP contribution in [-0.2, 0) is 66.6 Å². The van der Waals surface area contributed by atoms with Crippen molar-refractivity contribution in [3.8, 4) is 0 Å². The Labute approximate surface area is 482 Å². The fourth-order valence-electron chi connectivity index (χ4n) is 4.06. The van der Waals surface area contributed by atoms with Gasteiger partial charge in [0.1, 0.15) is 50.3 Å². The zero-order valence-corrected chi connectivity index (χ0v) is 53.7. The van der Waals surface area contributed by atoms with Gasteiger partial charge in [-0.15, -0.1) is 93.3 Å². The Hall–Kier alpha value is -2.33. The SMILES string of the molecule is CC(C)(C)OC(=O)NCc1ncc(Br)s1.CCS(=O)(=O)c1cnc(CN)s1.CCS(=O)(=O)c1cnc(CNC(=O)OC(C)(C)C)s1.CCSc1cnc(CNC(=O)OC(C)(C)C)s1.Cl.Cl.NCc1ncc(Br)s1. The normalized spacial score (nSPS) is 11.1. The van der Waals surface area contributed by atoms with E-state index >= 15 is 0 Å². The number of aromatic nitrogens is 5. The first-order chi connectivity index (χ1) is 32.8. The van der Waals surface area contributed by atoms with Gasteiger partial charge in [-0.05, 0) is 99.9 Å². The molecule has 0 atom stereocenters. The number of halogens is 4. The van der Waals surface area contributed by atoms with Crippen LogP contribution in [0.1, 0.15) is 108 Å². The predicted octanol–water partition coefficient (Wildman–Crippen LogP) is 10.8. The molecule has 0 aliphatic heterocycles. The molecule has 32 heteroatoms. The van der Waals surface area contributed by atoms with E-state index in [0.717, 1.165) is 51.0 Å². The molecule has 0 aromatic carbocycles. The molecule has 5 heterocycles. The molecule has 7 N–H and O–H groups in total. The van der Waals surface area contributed by atoms with Gasteiger partial charge in [-0.1, -0.05) is 20.8 Å². The first-order valence-electron chi connectivity index (χ1n) is 21.3. The van der Waals surface area contributed by atoms with Crippen molar-refractivity contribution < 1.29 is 45.4 Å². The van der Waals surface area contributed by atoms with Crippen molar-refractivity contribution in [2.24, 2.45) is 11.5 Å². The van der Waals surface area contributed by atoms with Crippen molar-refractivity contribution in [3.05, 3.63) is 63.6 Å². The highest BCUT2D eigenvalue weighted by molar-refractivity contribution is 9.11. The van der Waals surface area contributed by atoms with Crippen LogP contribution in [0.5, 0.6) is 0 Å². The number of hydrogen-bond donors (Lipinski definition) is 5. The molecule has 0 bridgehead atoms. The Morgan fingerprint density at radius 3 is 1.14 bits per heavy atom. The number of nitrogens with zero attached hydrogens (tertiary/aromatic N) is 5. The number of nitrogens with two attached hydrogens (primary N) is 2. The average Bonchev–Trinajstić information content (AvgIpc) is 4.13. The molecule has 0 saturated heterocycles. The molecular weight excluding hydrogens is 1280 g/mol. The summed E-state index contributed by atoms with van der Waals surface area (Å²) in [7, 11) is -6.32. The van der Waals surface area contributed by atoms with E-state index in [1.165, 1.54) is 27.9 Å². The highest BCUT2D eigenvalue weighted by Gasteiger charge is 2.20. The van der Waals surface area contributed by atoms with Gasteiger partial charge in [0, 0.05) is 13.1 Å². The number of thioether (sulfide) groups is 1. The Bertz CT molecular complexity index is 2610. The summed E-state index contributed by atoms with van der Waals surface area (Å²) in [5, 5.41) is 11.7. The summed E-state index contributed by atoms with van der Waals surface area (Å²) in [5.74, 6) is 1.18.